The van der Waals surface area contributed by atoms with E-state index in [2.05, 4.69) is 19.2 Å². The highest BCUT2D eigenvalue weighted by Crippen LogP contribution is 2.50. The Morgan fingerprint density at radius 3 is 2.67 bits per heavy atom. The first-order valence-electron chi connectivity index (χ1n) is 4.39. The Morgan fingerprint density at radius 1 is 1.67 bits per heavy atom. The van der Waals surface area contributed by atoms with Gasteiger partial charge in [-0.05, 0) is 17.8 Å². The molecule has 0 aromatic carbocycles. The molecule has 1 saturated carbocycles. The first kappa shape index (κ1) is 9.85. The van der Waals surface area contributed by atoms with Gasteiger partial charge in [-0.3, -0.25) is 4.79 Å². The van der Waals surface area contributed by atoms with E-state index in [4.69, 9.17) is 11.6 Å². The van der Waals surface area contributed by atoms with Crippen LogP contribution in [0.1, 0.15) is 26.7 Å². The minimum atomic E-state index is 0.0766. The molecule has 1 amide bonds. The topological polar surface area (TPSA) is 29.1 Å². The van der Waals surface area contributed by atoms with Crippen molar-refractivity contribution in [3.63, 3.8) is 0 Å². The Kier molecular flexibility index (Phi) is 2.99. The van der Waals surface area contributed by atoms with Crippen LogP contribution in [0.4, 0.5) is 0 Å². The molecule has 1 N–H and O–H groups in total. The number of hydrogen-bond acceptors (Lipinski definition) is 1. The number of hydrogen-bond donors (Lipinski definition) is 1. The maximum Gasteiger partial charge on any atom is 0.221 e. The van der Waals surface area contributed by atoms with Crippen molar-refractivity contribution in [3.05, 3.63) is 0 Å². The summed E-state index contributed by atoms with van der Waals surface area (Å²) < 4.78 is 0. The van der Waals surface area contributed by atoms with E-state index in [9.17, 15) is 4.79 Å². The first-order chi connectivity index (χ1) is 5.56. The van der Waals surface area contributed by atoms with Crippen molar-refractivity contribution in [3.8, 4) is 0 Å². The molecule has 2 nitrogen and oxygen atoms in total. The quantitative estimate of drug-likeness (QED) is 0.672. The van der Waals surface area contributed by atoms with Crippen LogP contribution in [-0.4, -0.2) is 18.3 Å². The van der Waals surface area contributed by atoms with Crippen LogP contribution in [0, 0.1) is 11.3 Å². The molecule has 0 aliphatic heterocycles. The molecule has 1 atom stereocenters. The summed E-state index contributed by atoms with van der Waals surface area (Å²) in [5.74, 6) is 1.17. The van der Waals surface area contributed by atoms with Crippen molar-refractivity contribution >= 4 is 17.5 Å². The maximum absolute atomic E-state index is 11.0. The predicted molar refractivity (Wildman–Crippen MR) is 50.2 cm³/mol. The highest BCUT2D eigenvalue weighted by molar-refractivity contribution is 6.18. The molecule has 0 aromatic rings. The summed E-state index contributed by atoms with van der Waals surface area (Å²) in [5.41, 5.74) is 0.453. The molecule has 1 unspecified atom stereocenters. The second kappa shape index (κ2) is 3.65. The number of halogens is 1. The summed E-state index contributed by atoms with van der Waals surface area (Å²) >= 11 is 5.42. The van der Waals surface area contributed by atoms with E-state index < -0.39 is 0 Å². The molecule has 0 spiro atoms. The molecule has 0 radical (unpaired) electrons. The summed E-state index contributed by atoms with van der Waals surface area (Å²) in [6, 6.07) is 0. The molecular weight excluding hydrogens is 174 g/mol. The van der Waals surface area contributed by atoms with Gasteiger partial charge in [0.25, 0.3) is 0 Å². The van der Waals surface area contributed by atoms with Crippen LogP contribution < -0.4 is 5.32 Å². The van der Waals surface area contributed by atoms with Gasteiger partial charge in [-0.1, -0.05) is 13.8 Å². The van der Waals surface area contributed by atoms with Crippen molar-refractivity contribution < 1.29 is 4.79 Å². The number of amides is 1. The Morgan fingerprint density at radius 2 is 2.25 bits per heavy atom. The van der Waals surface area contributed by atoms with Gasteiger partial charge < -0.3 is 5.32 Å². The van der Waals surface area contributed by atoms with Gasteiger partial charge in [0.2, 0.25) is 5.91 Å². The molecule has 0 saturated heterocycles. The maximum atomic E-state index is 11.0. The van der Waals surface area contributed by atoms with Gasteiger partial charge in [0, 0.05) is 18.8 Å². The van der Waals surface area contributed by atoms with Crippen LogP contribution in [0.2, 0.25) is 0 Å². The average molecular weight is 190 g/mol. The summed E-state index contributed by atoms with van der Waals surface area (Å²) in [6.45, 7) is 5.28. The largest absolute Gasteiger partial charge is 0.356 e. The SMILES string of the molecule is CC1(C)CC1CNC(=O)CCCl. The minimum Gasteiger partial charge on any atom is -0.356 e. The van der Waals surface area contributed by atoms with Crippen molar-refractivity contribution in [2.24, 2.45) is 11.3 Å². The molecule has 1 aliphatic carbocycles. The van der Waals surface area contributed by atoms with E-state index in [1.165, 1.54) is 6.42 Å². The normalized spacial score (nSPS) is 25.1. The number of carbonyl (C=O) groups excluding carboxylic acids is 1. The van der Waals surface area contributed by atoms with Crippen LogP contribution in [0.5, 0.6) is 0 Å². The summed E-state index contributed by atoms with van der Waals surface area (Å²) in [4.78, 5) is 11.0. The molecule has 70 valence electrons. The first-order valence-corrected chi connectivity index (χ1v) is 4.92. The second-order valence-electron chi connectivity index (χ2n) is 4.13. The molecule has 0 bridgehead atoms. The zero-order chi connectivity index (χ0) is 9.19. The fourth-order valence-electron chi connectivity index (χ4n) is 1.34. The number of alkyl halides is 1. The average Bonchev–Trinajstić information content (AvgIpc) is 2.56. The van der Waals surface area contributed by atoms with E-state index in [-0.39, 0.29) is 5.91 Å². The molecular formula is C9H16ClNO. The molecule has 0 heterocycles. The van der Waals surface area contributed by atoms with Gasteiger partial charge >= 0.3 is 0 Å². The molecule has 12 heavy (non-hydrogen) atoms. The van der Waals surface area contributed by atoms with Gasteiger partial charge in [-0.15, -0.1) is 11.6 Å². The standard InChI is InChI=1S/C9H16ClNO/c1-9(2)5-7(9)6-11-8(12)3-4-10/h7H,3-6H2,1-2H3,(H,11,12). The highest BCUT2D eigenvalue weighted by atomic mass is 35.5. The zero-order valence-corrected chi connectivity index (χ0v) is 8.45. The lowest BCUT2D eigenvalue weighted by atomic mass is 10.1. The number of carbonyl (C=O) groups is 1. The summed E-state index contributed by atoms with van der Waals surface area (Å²) in [7, 11) is 0. The zero-order valence-electron chi connectivity index (χ0n) is 7.69. The molecule has 1 rings (SSSR count). The lowest BCUT2D eigenvalue weighted by molar-refractivity contribution is -0.120. The van der Waals surface area contributed by atoms with E-state index in [1.807, 2.05) is 0 Å². The van der Waals surface area contributed by atoms with Crippen LogP contribution in [0.25, 0.3) is 0 Å². The van der Waals surface area contributed by atoms with Gasteiger partial charge in [-0.2, -0.15) is 0 Å². The van der Waals surface area contributed by atoms with E-state index in [0.29, 0.717) is 23.6 Å². The Labute approximate surface area is 78.7 Å². The number of nitrogens with one attached hydrogen (secondary N) is 1. The molecule has 0 aromatic heterocycles. The van der Waals surface area contributed by atoms with Crippen LogP contribution in [-0.2, 0) is 4.79 Å². The van der Waals surface area contributed by atoms with Crippen LogP contribution in [0.15, 0.2) is 0 Å². The predicted octanol–water partition coefficient (Wildman–Crippen LogP) is 1.78. The van der Waals surface area contributed by atoms with Crippen LogP contribution in [0.3, 0.4) is 0 Å². The van der Waals surface area contributed by atoms with Crippen molar-refractivity contribution in [2.45, 2.75) is 26.7 Å². The minimum absolute atomic E-state index is 0.0766. The fraction of sp³-hybridized carbons (Fsp3) is 0.889. The fourth-order valence-corrected chi connectivity index (χ4v) is 1.51. The van der Waals surface area contributed by atoms with Crippen molar-refractivity contribution in [1.29, 1.82) is 0 Å². The van der Waals surface area contributed by atoms with Crippen molar-refractivity contribution in [1.82, 2.24) is 5.32 Å². The third-order valence-corrected chi connectivity index (χ3v) is 2.77. The van der Waals surface area contributed by atoms with Gasteiger partial charge in [0.1, 0.15) is 0 Å². The lowest BCUT2D eigenvalue weighted by Gasteiger charge is -2.04. The van der Waals surface area contributed by atoms with E-state index >= 15 is 0 Å². The van der Waals surface area contributed by atoms with Gasteiger partial charge in [0.15, 0.2) is 0 Å². The monoisotopic (exact) mass is 189 g/mol. The van der Waals surface area contributed by atoms with Gasteiger partial charge in [0.05, 0.1) is 0 Å². The van der Waals surface area contributed by atoms with Crippen LogP contribution >= 0.6 is 11.6 Å². The molecule has 1 aliphatic rings. The molecule has 1 fully saturated rings. The Bertz CT molecular complexity index is 179. The molecule has 3 heteroatoms. The van der Waals surface area contributed by atoms with Gasteiger partial charge in [-0.25, -0.2) is 0 Å². The summed E-state index contributed by atoms with van der Waals surface area (Å²) in [6.07, 6.45) is 1.67. The number of rotatable bonds is 4. The van der Waals surface area contributed by atoms with Crippen molar-refractivity contribution in [2.75, 3.05) is 12.4 Å². The van der Waals surface area contributed by atoms with E-state index in [0.717, 1.165) is 6.54 Å². The second-order valence-corrected chi connectivity index (χ2v) is 4.51. The third-order valence-electron chi connectivity index (χ3n) is 2.58. The third kappa shape index (κ3) is 2.67. The highest BCUT2D eigenvalue weighted by Gasteiger charge is 2.45. The Hall–Kier alpha value is -0.240. The smallest absolute Gasteiger partial charge is 0.221 e. The lowest BCUT2D eigenvalue weighted by Crippen LogP contribution is -2.26. The Balaban J connectivity index is 2.07. The van der Waals surface area contributed by atoms with E-state index in [1.54, 1.807) is 0 Å². The summed E-state index contributed by atoms with van der Waals surface area (Å²) in [5, 5.41) is 2.88.